The summed E-state index contributed by atoms with van der Waals surface area (Å²) in [5.74, 6) is 1.63. The summed E-state index contributed by atoms with van der Waals surface area (Å²) in [6, 6.07) is 16.1. The van der Waals surface area contributed by atoms with Crippen LogP contribution >= 0.6 is 0 Å². The molecule has 6 rings (SSSR count). The second-order valence-corrected chi connectivity index (χ2v) is 8.50. The summed E-state index contributed by atoms with van der Waals surface area (Å²) in [4.78, 5) is 0. The van der Waals surface area contributed by atoms with E-state index in [1.807, 2.05) is 0 Å². The van der Waals surface area contributed by atoms with E-state index in [1.165, 1.54) is 58.3 Å². The minimum absolute atomic E-state index is 0.809. The van der Waals surface area contributed by atoms with Crippen LogP contribution in [0.4, 0.5) is 0 Å². The van der Waals surface area contributed by atoms with Crippen molar-refractivity contribution in [2.75, 3.05) is 0 Å². The Hall–Kier alpha value is -2.41. The van der Waals surface area contributed by atoms with Gasteiger partial charge in [0.15, 0.2) is 6.20 Å². The van der Waals surface area contributed by atoms with Gasteiger partial charge in [0.1, 0.15) is 7.05 Å². The Kier molecular flexibility index (Phi) is 2.87. The number of aromatic nitrogens is 1. The number of benzene rings is 2. The molecule has 1 saturated carbocycles. The van der Waals surface area contributed by atoms with E-state index in [-0.39, 0.29) is 0 Å². The highest BCUT2D eigenvalue weighted by atomic mass is 14.9. The van der Waals surface area contributed by atoms with Crippen molar-refractivity contribution in [1.29, 1.82) is 0 Å². The van der Waals surface area contributed by atoms with Crippen molar-refractivity contribution >= 4 is 0 Å². The summed E-state index contributed by atoms with van der Waals surface area (Å²) in [6.45, 7) is 2.28. The van der Waals surface area contributed by atoms with Crippen LogP contribution in [0.1, 0.15) is 58.9 Å². The first kappa shape index (κ1) is 14.7. The molecule has 0 spiro atoms. The third kappa shape index (κ3) is 1.84. The first-order valence-electron chi connectivity index (χ1n) is 9.95. The van der Waals surface area contributed by atoms with Gasteiger partial charge in [-0.05, 0) is 77.8 Å². The van der Waals surface area contributed by atoms with E-state index in [0.29, 0.717) is 0 Å². The van der Waals surface area contributed by atoms with Crippen LogP contribution in [0.25, 0.3) is 22.4 Å². The zero-order valence-corrected chi connectivity index (χ0v) is 15.5. The average Bonchev–Trinajstić information content (AvgIpc) is 3.34. The molecule has 3 aromatic rings. The van der Waals surface area contributed by atoms with Crippen molar-refractivity contribution in [3.05, 3.63) is 76.5 Å². The Morgan fingerprint density at radius 3 is 2.62 bits per heavy atom. The predicted octanol–water partition coefficient (Wildman–Crippen LogP) is 5.42. The number of hydrogen-bond donors (Lipinski definition) is 0. The lowest BCUT2D eigenvalue weighted by atomic mass is 9.89. The van der Waals surface area contributed by atoms with Gasteiger partial charge in [0, 0.05) is 11.6 Å². The summed E-state index contributed by atoms with van der Waals surface area (Å²) >= 11 is 0. The topological polar surface area (TPSA) is 3.88 Å². The maximum absolute atomic E-state index is 2.53. The molecule has 128 valence electrons. The highest BCUT2D eigenvalue weighted by molar-refractivity contribution is 5.85. The standard InChI is InChI=1S/C25H24N/c1-15-7-10-20-19-6-4-3-5-16(19)12-22(20)25(15)24-13-21-17-8-9-18(11-17)23(21)14-26(24)2/h3-7,10,13-14,17-18H,8-9,11-12H2,1-2H3/q+1. The molecular weight excluding hydrogens is 314 g/mol. The fourth-order valence-corrected chi connectivity index (χ4v) is 5.86. The normalized spacial score (nSPS) is 21.6. The van der Waals surface area contributed by atoms with E-state index in [4.69, 9.17) is 0 Å². The molecule has 2 aromatic carbocycles. The van der Waals surface area contributed by atoms with E-state index < -0.39 is 0 Å². The Morgan fingerprint density at radius 1 is 0.923 bits per heavy atom. The summed E-state index contributed by atoms with van der Waals surface area (Å²) in [5.41, 5.74) is 13.4. The van der Waals surface area contributed by atoms with Crippen LogP contribution in [0.2, 0.25) is 0 Å². The van der Waals surface area contributed by atoms with Crippen LogP contribution in [-0.2, 0) is 13.5 Å². The minimum atomic E-state index is 0.809. The van der Waals surface area contributed by atoms with E-state index in [9.17, 15) is 0 Å². The quantitative estimate of drug-likeness (QED) is 0.408. The maximum atomic E-state index is 2.53. The maximum Gasteiger partial charge on any atom is 0.213 e. The molecule has 1 heteroatoms. The van der Waals surface area contributed by atoms with Crippen LogP contribution in [0, 0.1) is 6.92 Å². The summed E-state index contributed by atoms with van der Waals surface area (Å²) < 4.78 is 2.39. The average molecular weight is 338 g/mol. The number of hydrogen-bond acceptors (Lipinski definition) is 0. The van der Waals surface area contributed by atoms with E-state index in [1.54, 1.807) is 11.1 Å². The van der Waals surface area contributed by atoms with Gasteiger partial charge in [0.2, 0.25) is 5.69 Å². The lowest BCUT2D eigenvalue weighted by molar-refractivity contribution is -0.660. The molecule has 0 N–H and O–H groups in total. The van der Waals surface area contributed by atoms with Crippen molar-refractivity contribution in [3.8, 4) is 22.4 Å². The molecule has 1 nitrogen and oxygen atoms in total. The lowest BCUT2D eigenvalue weighted by Gasteiger charge is -2.16. The van der Waals surface area contributed by atoms with Gasteiger partial charge in [-0.3, -0.25) is 0 Å². The van der Waals surface area contributed by atoms with E-state index >= 15 is 0 Å². The molecular formula is C25H24N+. The van der Waals surface area contributed by atoms with Crippen LogP contribution < -0.4 is 4.57 Å². The fourth-order valence-electron chi connectivity index (χ4n) is 5.86. The van der Waals surface area contributed by atoms with Gasteiger partial charge in [-0.1, -0.05) is 36.4 Å². The van der Waals surface area contributed by atoms with Crippen molar-refractivity contribution in [3.63, 3.8) is 0 Å². The van der Waals surface area contributed by atoms with E-state index in [0.717, 1.165) is 18.3 Å². The van der Waals surface area contributed by atoms with Gasteiger partial charge >= 0.3 is 0 Å². The fraction of sp³-hybridized carbons (Fsp3) is 0.320. The van der Waals surface area contributed by atoms with E-state index in [2.05, 4.69) is 67.2 Å². The molecule has 3 aliphatic rings. The summed E-state index contributed by atoms with van der Waals surface area (Å²) in [7, 11) is 2.24. The Bertz CT molecular complexity index is 1080. The number of nitrogens with zero attached hydrogens (tertiary/aromatic N) is 1. The third-order valence-electron chi connectivity index (χ3n) is 7.10. The molecule has 1 aromatic heterocycles. The van der Waals surface area contributed by atoms with Gasteiger partial charge in [-0.25, -0.2) is 4.57 Å². The van der Waals surface area contributed by atoms with Crippen molar-refractivity contribution < 1.29 is 4.57 Å². The lowest BCUT2D eigenvalue weighted by Crippen LogP contribution is -2.32. The second-order valence-electron chi connectivity index (χ2n) is 8.50. The second kappa shape index (κ2) is 5.07. The number of fused-ring (bicyclic) bond motifs is 8. The van der Waals surface area contributed by atoms with Crippen LogP contribution in [0.15, 0.2) is 48.7 Å². The smallest absolute Gasteiger partial charge is 0.201 e. The molecule has 1 fully saturated rings. The first-order chi connectivity index (χ1) is 12.7. The van der Waals surface area contributed by atoms with Gasteiger partial charge < -0.3 is 0 Å². The van der Waals surface area contributed by atoms with Crippen molar-refractivity contribution in [1.82, 2.24) is 0 Å². The SMILES string of the molecule is Cc1ccc2c(c1-c1cc3c(c[n+]1C)C1CCC3C1)Cc1ccccc1-2. The molecule has 0 aliphatic heterocycles. The van der Waals surface area contributed by atoms with Gasteiger partial charge in [0.25, 0.3) is 0 Å². The van der Waals surface area contributed by atoms with Gasteiger partial charge in [-0.15, -0.1) is 0 Å². The van der Waals surface area contributed by atoms with Crippen LogP contribution in [-0.4, -0.2) is 0 Å². The predicted molar refractivity (Wildman–Crippen MR) is 105 cm³/mol. The van der Waals surface area contributed by atoms with Crippen LogP contribution in [0.3, 0.4) is 0 Å². The zero-order chi connectivity index (χ0) is 17.4. The van der Waals surface area contributed by atoms with Gasteiger partial charge in [-0.2, -0.15) is 0 Å². The molecule has 2 unspecified atom stereocenters. The first-order valence-corrected chi connectivity index (χ1v) is 9.95. The Morgan fingerprint density at radius 2 is 1.73 bits per heavy atom. The number of aryl methyl sites for hydroxylation is 2. The highest BCUT2D eigenvalue weighted by Crippen LogP contribution is 2.53. The molecule has 2 bridgehead atoms. The molecule has 26 heavy (non-hydrogen) atoms. The number of rotatable bonds is 1. The van der Waals surface area contributed by atoms with Crippen molar-refractivity contribution in [2.24, 2.45) is 7.05 Å². The minimum Gasteiger partial charge on any atom is -0.201 e. The Labute approximate surface area is 155 Å². The molecule has 0 saturated heterocycles. The van der Waals surface area contributed by atoms with Gasteiger partial charge in [0.05, 0.1) is 5.56 Å². The highest BCUT2D eigenvalue weighted by Gasteiger charge is 2.40. The molecule has 2 atom stereocenters. The molecule has 0 radical (unpaired) electrons. The van der Waals surface area contributed by atoms with Crippen LogP contribution in [0.5, 0.6) is 0 Å². The molecule has 1 heterocycles. The third-order valence-corrected chi connectivity index (χ3v) is 7.10. The number of pyridine rings is 1. The zero-order valence-electron chi connectivity index (χ0n) is 15.5. The Balaban J connectivity index is 1.59. The molecule has 0 amide bonds. The summed E-state index contributed by atoms with van der Waals surface area (Å²) in [5, 5.41) is 0. The monoisotopic (exact) mass is 338 g/mol. The largest absolute Gasteiger partial charge is 0.213 e. The van der Waals surface area contributed by atoms with Crippen molar-refractivity contribution in [2.45, 2.75) is 44.4 Å². The molecule has 3 aliphatic carbocycles. The summed E-state index contributed by atoms with van der Waals surface area (Å²) in [6.07, 6.45) is 7.67.